The van der Waals surface area contributed by atoms with E-state index in [-0.39, 0.29) is 10.9 Å². The van der Waals surface area contributed by atoms with Gasteiger partial charge in [0, 0.05) is 36.4 Å². The quantitative estimate of drug-likeness (QED) is 0.836. The summed E-state index contributed by atoms with van der Waals surface area (Å²) in [6.07, 6.45) is 0. The predicted molar refractivity (Wildman–Crippen MR) is 98.2 cm³/mol. The summed E-state index contributed by atoms with van der Waals surface area (Å²) in [5, 5.41) is 0.433. The lowest BCUT2D eigenvalue weighted by molar-refractivity contribution is 0.342. The minimum Gasteiger partial charge on any atom is -0.366 e. The van der Waals surface area contributed by atoms with E-state index in [9.17, 15) is 8.42 Å². The zero-order valence-electron chi connectivity index (χ0n) is 13.8. The summed E-state index contributed by atoms with van der Waals surface area (Å²) in [6, 6.07) is 14.9. The Morgan fingerprint density at radius 2 is 1.83 bits per heavy atom. The van der Waals surface area contributed by atoms with Crippen molar-refractivity contribution in [2.24, 2.45) is 0 Å². The van der Waals surface area contributed by atoms with E-state index in [0.717, 1.165) is 5.69 Å². The molecule has 0 aromatic heterocycles. The van der Waals surface area contributed by atoms with E-state index in [0.29, 0.717) is 24.7 Å². The number of sulfonamides is 1. The van der Waals surface area contributed by atoms with Gasteiger partial charge in [0.1, 0.15) is 0 Å². The van der Waals surface area contributed by atoms with Crippen LogP contribution in [-0.4, -0.2) is 38.4 Å². The monoisotopic (exact) mass is 364 g/mol. The first kappa shape index (κ1) is 17.3. The van der Waals surface area contributed by atoms with Crippen molar-refractivity contribution in [3.8, 4) is 0 Å². The molecule has 1 heterocycles. The van der Waals surface area contributed by atoms with Crippen LogP contribution in [-0.2, 0) is 10.0 Å². The summed E-state index contributed by atoms with van der Waals surface area (Å²) < 4.78 is 27.2. The maximum absolute atomic E-state index is 12.8. The molecule has 24 heavy (non-hydrogen) atoms. The van der Waals surface area contributed by atoms with Gasteiger partial charge < -0.3 is 4.90 Å². The number of hydrogen-bond donors (Lipinski definition) is 0. The van der Waals surface area contributed by atoms with Crippen molar-refractivity contribution in [1.29, 1.82) is 0 Å². The van der Waals surface area contributed by atoms with E-state index in [2.05, 4.69) is 36.9 Å². The van der Waals surface area contributed by atoms with Crippen molar-refractivity contribution >= 4 is 27.3 Å². The molecule has 0 amide bonds. The van der Waals surface area contributed by atoms with Crippen LogP contribution in [0.4, 0.5) is 5.69 Å². The fourth-order valence-electron chi connectivity index (χ4n) is 3.11. The zero-order chi connectivity index (χ0) is 17.3. The molecular weight excluding hydrogens is 344 g/mol. The molecule has 0 N–H and O–H groups in total. The molecule has 3 rings (SSSR count). The summed E-state index contributed by atoms with van der Waals surface area (Å²) in [5.41, 5.74) is 2.34. The zero-order valence-corrected chi connectivity index (χ0v) is 15.4. The van der Waals surface area contributed by atoms with Gasteiger partial charge in [-0.1, -0.05) is 29.8 Å². The van der Waals surface area contributed by atoms with Crippen LogP contribution < -0.4 is 4.90 Å². The highest BCUT2D eigenvalue weighted by molar-refractivity contribution is 7.89. The number of piperazine rings is 1. The molecule has 0 saturated carbocycles. The van der Waals surface area contributed by atoms with E-state index in [1.165, 1.54) is 11.6 Å². The molecule has 0 spiro atoms. The van der Waals surface area contributed by atoms with Gasteiger partial charge in [0.25, 0.3) is 0 Å². The second-order valence-corrected chi connectivity index (χ2v) is 8.58. The first-order valence-electron chi connectivity index (χ1n) is 7.97. The molecule has 4 nitrogen and oxygen atoms in total. The van der Waals surface area contributed by atoms with Gasteiger partial charge in [-0.3, -0.25) is 0 Å². The highest BCUT2D eigenvalue weighted by Crippen LogP contribution is 2.26. The molecule has 1 aliphatic rings. The fourth-order valence-corrected chi connectivity index (χ4v) is 4.92. The van der Waals surface area contributed by atoms with E-state index < -0.39 is 10.0 Å². The number of anilines is 1. The number of hydrogen-bond acceptors (Lipinski definition) is 3. The Labute approximate surface area is 148 Å². The highest BCUT2D eigenvalue weighted by Gasteiger charge is 2.32. The van der Waals surface area contributed by atoms with Gasteiger partial charge in [-0.15, -0.1) is 0 Å². The lowest BCUT2D eigenvalue weighted by Gasteiger charge is -2.40. The SMILES string of the molecule is Cc1cccc(N2CCN(S(=O)(=O)c3cccc(Cl)c3)CC2C)c1. The van der Waals surface area contributed by atoms with Crippen LogP contribution in [0.25, 0.3) is 0 Å². The molecule has 1 atom stereocenters. The molecule has 2 aromatic carbocycles. The van der Waals surface area contributed by atoms with Crippen molar-refractivity contribution in [2.45, 2.75) is 24.8 Å². The molecule has 1 fully saturated rings. The van der Waals surface area contributed by atoms with Crippen molar-refractivity contribution in [3.63, 3.8) is 0 Å². The Balaban J connectivity index is 1.80. The van der Waals surface area contributed by atoms with Gasteiger partial charge >= 0.3 is 0 Å². The topological polar surface area (TPSA) is 40.6 Å². The van der Waals surface area contributed by atoms with Crippen LogP contribution in [0.15, 0.2) is 53.4 Å². The average Bonchev–Trinajstić information content (AvgIpc) is 2.54. The van der Waals surface area contributed by atoms with Crippen LogP contribution in [0.5, 0.6) is 0 Å². The van der Waals surface area contributed by atoms with Crippen LogP contribution in [0, 0.1) is 6.92 Å². The van der Waals surface area contributed by atoms with Gasteiger partial charge in [0.05, 0.1) is 4.90 Å². The van der Waals surface area contributed by atoms with Crippen molar-refractivity contribution in [2.75, 3.05) is 24.5 Å². The second kappa shape index (κ2) is 6.75. The maximum atomic E-state index is 12.8. The van der Waals surface area contributed by atoms with Crippen LogP contribution in [0.3, 0.4) is 0 Å². The minimum atomic E-state index is -3.51. The van der Waals surface area contributed by atoms with Crippen molar-refractivity contribution in [3.05, 3.63) is 59.1 Å². The number of rotatable bonds is 3. The summed E-state index contributed by atoms with van der Waals surface area (Å²) in [6.45, 7) is 5.72. The highest BCUT2D eigenvalue weighted by atomic mass is 35.5. The van der Waals surface area contributed by atoms with Gasteiger partial charge in [0.15, 0.2) is 0 Å². The third-order valence-electron chi connectivity index (χ3n) is 4.36. The fraction of sp³-hybridized carbons (Fsp3) is 0.333. The number of nitrogens with zero attached hydrogens (tertiary/aromatic N) is 2. The third kappa shape index (κ3) is 3.43. The van der Waals surface area contributed by atoms with E-state index in [1.54, 1.807) is 22.5 Å². The molecule has 1 saturated heterocycles. The largest absolute Gasteiger partial charge is 0.366 e. The Morgan fingerprint density at radius 1 is 1.08 bits per heavy atom. The smallest absolute Gasteiger partial charge is 0.243 e. The maximum Gasteiger partial charge on any atom is 0.243 e. The van der Waals surface area contributed by atoms with Crippen LogP contribution in [0.2, 0.25) is 5.02 Å². The minimum absolute atomic E-state index is 0.106. The summed E-state index contributed by atoms with van der Waals surface area (Å²) >= 11 is 5.95. The normalized spacial score (nSPS) is 19.5. The molecule has 0 bridgehead atoms. The lowest BCUT2D eigenvalue weighted by Crippen LogP contribution is -2.53. The average molecular weight is 365 g/mol. The summed E-state index contributed by atoms with van der Waals surface area (Å²) in [7, 11) is -3.51. The molecule has 0 aliphatic carbocycles. The molecule has 1 aliphatic heterocycles. The number of aryl methyl sites for hydroxylation is 1. The molecule has 128 valence electrons. The number of benzene rings is 2. The molecule has 0 radical (unpaired) electrons. The van der Waals surface area contributed by atoms with Crippen molar-refractivity contribution < 1.29 is 8.42 Å². The summed E-state index contributed by atoms with van der Waals surface area (Å²) in [5.74, 6) is 0. The van der Waals surface area contributed by atoms with Gasteiger partial charge in [0.2, 0.25) is 10.0 Å². The van der Waals surface area contributed by atoms with Crippen molar-refractivity contribution in [1.82, 2.24) is 4.31 Å². The second-order valence-electron chi connectivity index (χ2n) is 6.20. The van der Waals surface area contributed by atoms with Gasteiger partial charge in [-0.2, -0.15) is 4.31 Å². The van der Waals surface area contributed by atoms with Gasteiger partial charge in [-0.05, 0) is 49.7 Å². The Bertz CT molecular complexity index is 838. The Kier molecular flexibility index (Phi) is 4.85. The Morgan fingerprint density at radius 3 is 2.50 bits per heavy atom. The molecule has 2 aromatic rings. The first-order valence-corrected chi connectivity index (χ1v) is 9.79. The van der Waals surface area contributed by atoms with E-state index in [4.69, 9.17) is 11.6 Å². The van der Waals surface area contributed by atoms with E-state index >= 15 is 0 Å². The predicted octanol–water partition coefficient (Wildman–Crippen LogP) is 3.55. The summed E-state index contributed by atoms with van der Waals surface area (Å²) in [4.78, 5) is 2.52. The number of halogens is 1. The molecule has 1 unspecified atom stereocenters. The molecular formula is C18H21ClN2O2S. The third-order valence-corrected chi connectivity index (χ3v) is 6.45. The standard InChI is InChI=1S/C18H21ClN2O2S/c1-14-5-3-7-17(11-14)21-10-9-20(13-15(21)2)24(22,23)18-8-4-6-16(19)12-18/h3-8,11-12,15H,9-10,13H2,1-2H3. The Hall–Kier alpha value is -1.56. The molecule has 6 heteroatoms. The van der Waals surface area contributed by atoms with Crippen LogP contribution >= 0.6 is 11.6 Å². The lowest BCUT2D eigenvalue weighted by atomic mass is 10.1. The van der Waals surface area contributed by atoms with Gasteiger partial charge in [-0.25, -0.2) is 8.42 Å². The first-order chi connectivity index (χ1) is 11.4. The van der Waals surface area contributed by atoms with E-state index in [1.807, 2.05) is 6.07 Å². The van der Waals surface area contributed by atoms with Crippen LogP contribution in [0.1, 0.15) is 12.5 Å².